The van der Waals surface area contributed by atoms with Crippen molar-refractivity contribution in [1.29, 1.82) is 5.26 Å². The van der Waals surface area contributed by atoms with E-state index in [9.17, 15) is 14.9 Å². The Kier molecular flexibility index (Phi) is 9.95. The average molecular weight is 662 g/mol. The van der Waals surface area contributed by atoms with Gasteiger partial charge in [-0.2, -0.15) is 10.2 Å². The molecule has 7 rings (SSSR count). The number of carbonyl (C=O) groups is 2. The number of nitrogens with one attached hydrogen (secondary N) is 3. The molecule has 5 aliphatic rings. The van der Waals surface area contributed by atoms with Crippen LogP contribution in [0.4, 0.5) is 16.6 Å². The van der Waals surface area contributed by atoms with E-state index in [-0.39, 0.29) is 17.3 Å². The topological polar surface area (TPSA) is 132 Å². The number of carbonyl (C=O) groups excluding carboxylic acids is 2. The molecule has 3 unspecified atom stereocenters. The van der Waals surface area contributed by atoms with Gasteiger partial charge in [-0.25, -0.2) is 9.78 Å². The van der Waals surface area contributed by atoms with Crippen molar-refractivity contribution >= 4 is 35.2 Å². The number of halogens is 1. The highest BCUT2D eigenvalue weighted by Gasteiger charge is 2.55. The maximum Gasteiger partial charge on any atom is 0.410 e. The van der Waals surface area contributed by atoms with Gasteiger partial charge in [0.15, 0.2) is 0 Å². The molecule has 1 aromatic carbocycles. The fourth-order valence-electron chi connectivity index (χ4n) is 8.79. The van der Waals surface area contributed by atoms with Crippen molar-refractivity contribution < 1.29 is 14.3 Å². The number of likely N-dealkylation sites (tertiary alicyclic amines) is 1. The van der Waals surface area contributed by atoms with Crippen LogP contribution >= 0.6 is 11.6 Å². The lowest BCUT2D eigenvalue weighted by molar-refractivity contribution is -0.120. The number of ketones is 1. The van der Waals surface area contributed by atoms with Crippen molar-refractivity contribution in [3.8, 4) is 6.07 Å². The first-order valence-corrected chi connectivity index (χ1v) is 17.6. The number of hydrogen-bond donors (Lipinski definition) is 3. The molecule has 4 aliphatic carbocycles. The Morgan fingerprint density at radius 1 is 1.11 bits per heavy atom. The average Bonchev–Trinajstić information content (AvgIpc) is 3.02. The lowest BCUT2D eigenvalue weighted by Gasteiger charge is -2.60. The minimum absolute atomic E-state index is 0.170. The zero-order valence-corrected chi connectivity index (χ0v) is 28.6. The number of ether oxygens (including phenoxy) is 1. The fraction of sp³-hybridized carbons (Fsp3) is 0.639. The molecule has 4 bridgehead atoms. The van der Waals surface area contributed by atoms with Crippen LogP contribution in [0.25, 0.3) is 0 Å². The molecule has 11 heteroatoms. The third-order valence-corrected chi connectivity index (χ3v) is 11.0. The van der Waals surface area contributed by atoms with Crippen molar-refractivity contribution in [2.24, 2.45) is 29.1 Å². The van der Waals surface area contributed by atoms with Gasteiger partial charge in [0, 0.05) is 43.7 Å². The summed E-state index contributed by atoms with van der Waals surface area (Å²) in [4.78, 5) is 36.3. The minimum atomic E-state index is -0.498. The van der Waals surface area contributed by atoms with Gasteiger partial charge in [0.25, 0.3) is 0 Å². The zero-order valence-electron chi connectivity index (χ0n) is 27.9. The second kappa shape index (κ2) is 14.0. The first-order valence-electron chi connectivity index (χ1n) is 17.2. The van der Waals surface area contributed by atoms with Crippen LogP contribution in [-0.2, 0) is 16.1 Å². The van der Waals surface area contributed by atoms with Gasteiger partial charge in [-0.15, -0.1) is 0 Å². The van der Waals surface area contributed by atoms with Gasteiger partial charge in [0.1, 0.15) is 28.8 Å². The summed E-state index contributed by atoms with van der Waals surface area (Å²) in [6.45, 7) is 8.64. The highest BCUT2D eigenvalue weighted by molar-refractivity contribution is 6.31. The van der Waals surface area contributed by atoms with E-state index in [1.165, 1.54) is 19.3 Å². The van der Waals surface area contributed by atoms with Crippen molar-refractivity contribution in [2.45, 2.75) is 90.3 Å². The van der Waals surface area contributed by atoms with E-state index in [2.05, 4.69) is 32.0 Å². The maximum absolute atomic E-state index is 13.1. The Morgan fingerprint density at radius 2 is 1.83 bits per heavy atom. The van der Waals surface area contributed by atoms with Crippen LogP contribution in [0.1, 0.15) is 83.3 Å². The van der Waals surface area contributed by atoms with Gasteiger partial charge in [-0.05, 0) is 106 Å². The first kappa shape index (κ1) is 33.5. The normalized spacial score (nSPS) is 26.9. The highest BCUT2D eigenvalue weighted by atomic mass is 35.5. The van der Waals surface area contributed by atoms with Gasteiger partial charge in [-0.3, -0.25) is 4.79 Å². The van der Waals surface area contributed by atoms with Crippen molar-refractivity contribution in [1.82, 2.24) is 20.2 Å². The summed E-state index contributed by atoms with van der Waals surface area (Å²) < 4.78 is 5.51. The summed E-state index contributed by atoms with van der Waals surface area (Å²) in [5.41, 5.74) is 1.06. The molecule has 1 amide bonds. The predicted molar refractivity (Wildman–Crippen MR) is 182 cm³/mol. The molecule has 1 aliphatic heterocycles. The molecule has 4 saturated carbocycles. The molecule has 5 fully saturated rings. The number of piperidine rings is 1. The molecule has 1 saturated heterocycles. The Bertz CT molecular complexity index is 1480. The standard InChI is InChI=1S/C36H48ClN7O3/c1-35(2,3)47-34(46)44-10-8-23(9-11-44)14-29(45)21-39-31-26-12-24-13-27(31)17-36(15-24,16-26)22-42-32-28(18-38)20-41-33(43-32)40-19-25-6-4-5-7-30(25)37/h4-7,20,23-24,26-27,31,39H,8-17,19,21-22H2,1-3H3,(H2,40,41,42,43)/t24?,26-,27+,31?,36?. The number of Topliss-reactive ketones (excluding diaryl/α,β-unsaturated/α-hetero) is 1. The number of nitriles is 1. The fourth-order valence-corrected chi connectivity index (χ4v) is 8.99. The Labute approximate surface area is 283 Å². The number of aromatic nitrogens is 2. The Balaban J connectivity index is 0.986. The quantitative estimate of drug-likeness (QED) is 0.250. The smallest absolute Gasteiger partial charge is 0.410 e. The van der Waals surface area contributed by atoms with Gasteiger partial charge < -0.3 is 25.6 Å². The molecule has 10 nitrogen and oxygen atoms in total. The highest BCUT2D eigenvalue weighted by Crippen LogP contribution is 2.60. The number of hydrogen-bond acceptors (Lipinski definition) is 9. The summed E-state index contributed by atoms with van der Waals surface area (Å²) in [5, 5.41) is 21.0. The largest absolute Gasteiger partial charge is 0.444 e. The van der Waals surface area contributed by atoms with Gasteiger partial charge in [0.2, 0.25) is 5.95 Å². The van der Waals surface area contributed by atoms with Gasteiger partial charge >= 0.3 is 6.09 Å². The summed E-state index contributed by atoms with van der Waals surface area (Å²) in [6.07, 6.45) is 9.46. The van der Waals surface area contributed by atoms with Crippen LogP contribution < -0.4 is 16.0 Å². The monoisotopic (exact) mass is 661 g/mol. The van der Waals surface area contributed by atoms with Crippen molar-refractivity contribution in [3.63, 3.8) is 0 Å². The van der Waals surface area contributed by atoms with Gasteiger partial charge in [-0.1, -0.05) is 29.8 Å². The molecular weight excluding hydrogens is 614 g/mol. The Morgan fingerprint density at radius 3 is 2.51 bits per heavy atom. The lowest BCUT2D eigenvalue weighted by atomic mass is 9.48. The number of benzene rings is 1. The van der Waals surface area contributed by atoms with Crippen LogP contribution in [0, 0.1) is 40.4 Å². The number of nitrogens with zero attached hydrogens (tertiary/aromatic N) is 4. The van der Waals surface area contributed by atoms with Crippen LogP contribution in [0.5, 0.6) is 0 Å². The molecule has 2 aromatic rings. The van der Waals surface area contributed by atoms with E-state index in [0.717, 1.165) is 37.8 Å². The molecule has 0 spiro atoms. The number of amides is 1. The molecule has 252 valence electrons. The van der Waals surface area contributed by atoms with Crippen LogP contribution in [-0.4, -0.2) is 64.6 Å². The van der Waals surface area contributed by atoms with E-state index in [1.54, 1.807) is 11.1 Å². The summed E-state index contributed by atoms with van der Waals surface area (Å²) in [5.74, 6) is 3.45. The minimum Gasteiger partial charge on any atom is -0.444 e. The van der Waals surface area contributed by atoms with E-state index < -0.39 is 5.60 Å². The van der Waals surface area contributed by atoms with Crippen LogP contribution in [0.2, 0.25) is 5.02 Å². The third kappa shape index (κ3) is 8.18. The van der Waals surface area contributed by atoms with Crippen LogP contribution in [0.3, 0.4) is 0 Å². The maximum atomic E-state index is 13.1. The molecule has 3 N–H and O–H groups in total. The Hall–Kier alpha value is -3.42. The second-order valence-electron chi connectivity index (χ2n) is 15.4. The van der Waals surface area contributed by atoms with Crippen molar-refractivity contribution in [2.75, 3.05) is 36.8 Å². The molecule has 2 heterocycles. The van der Waals surface area contributed by atoms with Crippen molar-refractivity contribution in [3.05, 3.63) is 46.6 Å². The molecule has 47 heavy (non-hydrogen) atoms. The van der Waals surface area contributed by atoms with E-state index >= 15 is 0 Å². The van der Waals surface area contributed by atoms with E-state index in [1.807, 2.05) is 45.0 Å². The molecule has 1 aromatic heterocycles. The molecular formula is C36H48ClN7O3. The summed E-state index contributed by atoms with van der Waals surface area (Å²) in [7, 11) is 0. The van der Waals surface area contributed by atoms with Crippen LogP contribution in [0.15, 0.2) is 30.5 Å². The second-order valence-corrected chi connectivity index (χ2v) is 15.8. The third-order valence-electron chi connectivity index (χ3n) is 10.7. The summed E-state index contributed by atoms with van der Waals surface area (Å²) in [6, 6.07) is 10.3. The van der Waals surface area contributed by atoms with E-state index in [4.69, 9.17) is 16.3 Å². The first-order chi connectivity index (χ1) is 22.5. The predicted octanol–water partition coefficient (Wildman–Crippen LogP) is 6.42. The lowest BCUT2D eigenvalue weighted by Crippen LogP contribution is -2.60. The summed E-state index contributed by atoms with van der Waals surface area (Å²) >= 11 is 6.31. The number of rotatable bonds is 11. The SMILES string of the molecule is CC(C)(C)OC(=O)N1CCC(CC(=O)CNC2[C@@H]3CC4C[C@H]2CC(CNc2nc(NCc5ccccc5Cl)ncc2C#N)(C4)C3)CC1. The van der Waals surface area contributed by atoms with E-state index in [0.29, 0.717) is 84.7 Å². The zero-order chi connectivity index (χ0) is 33.2. The van der Waals surface area contributed by atoms with Gasteiger partial charge in [0.05, 0.1) is 12.7 Å². The molecule has 0 radical (unpaired) electrons. The molecule has 5 atom stereocenters. The number of anilines is 2.